The van der Waals surface area contributed by atoms with Crippen LogP contribution in [0.5, 0.6) is 17.2 Å². The Bertz CT molecular complexity index is 1350. The highest BCUT2D eigenvalue weighted by molar-refractivity contribution is 7.90. The second-order valence-electron chi connectivity index (χ2n) is 6.29. The van der Waals surface area contributed by atoms with Gasteiger partial charge in [-0.1, -0.05) is 18.2 Å². The van der Waals surface area contributed by atoms with Gasteiger partial charge in [-0.2, -0.15) is 0 Å². The van der Waals surface area contributed by atoms with Crippen molar-refractivity contribution in [3.8, 4) is 17.2 Å². The molecule has 0 radical (unpaired) electrons. The predicted octanol–water partition coefficient (Wildman–Crippen LogP) is 3.56. The first kappa shape index (κ1) is 19.5. The minimum Gasteiger partial charge on any atom is -0.508 e. The van der Waals surface area contributed by atoms with Crippen molar-refractivity contribution >= 4 is 27.0 Å². The minimum absolute atomic E-state index is 0.0827. The first-order chi connectivity index (χ1) is 14.4. The summed E-state index contributed by atoms with van der Waals surface area (Å²) >= 11 is 0. The topological polar surface area (TPSA) is 108 Å². The summed E-state index contributed by atoms with van der Waals surface area (Å²) in [4.78, 5) is 16.3. The zero-order chi connectivity index (χ0) is 21.3. The van der Waals surface area contributed by atoms with Gasteiger partial charge >= 0.3 is 5.97 Å². The average molecular weight is 424 g/mol. The van der Waals surface area contributed by atoms with Gasteiger partial charge in [-0.05, 0) is 36.4 Å². The van der Waals surface area contributed by atoms with E-state index in [2.05, 4.69) is 4.98 Å². The molecule has 0 aliphatic rings. The molecule has 4 rings (SSSR count). The first-order valence-electron chi connectivity index (χ1n) is 8.77. The van der Waals surface area contributed by atoms with E-state index in [0.717, 1.165) is 3.97 Å². The Balaban J connectivity index is 1.72. The number of rotatable bonds is 5. The Hall–Kier alpha value is -3.85. The number of benzene rings is 2. The lowest BCUT2D eigenvalue weighted by Crippen LogP contribution is -2.12. The Morgan fingerprint density at radius 1 is 1.07 bits per heavy atom. The maximum atomic E-state index is 12.9. The van der Waals surface area contributed by atoms with Gasteiger partial charge in [0.2, 0.25) is 0 Å². The van der Waals surface area contributed by atoms with Crippen molar-refractivity contribution in [3.05, 3.63) is 78.6 Å². The van der Waals surface area contributed by atoms with Crippen LogP contribution in [-0.2, 0) is 14.8 Å². The summed E-state index contributed by atoms with van der Waals surface area (Å²) < 4.78 is 37.3. The van der Waals surface area contributed by atoms with Gasteiger partial charge in [0.25, 0.3) is 10.0 Å². The van der Waals surface area contributed by atoms with Crippen molar-refractivity contribution in [1.29, 1.82) is 0 Å². The molecule has 0 spiro atoms. The van der Waals surface area contributed by atoms with Crippen molar-refractivity contribution in [2.75, 3.05) is 7.11 Å². The molecule has 0 aliphatic heterocycles. The number of phenolic OH excluding ortho intramolecular Hbond substituents is 1. The summed E-state index contributed by atoms with van der Waals surface area (Å²) in [5, 5.41) is 10.2. The van der Waals surface area contributed by atoms with E-state index in [0.29, 0.717) is 5.39 Å². The van der Waals surface area contributed by atoms with Gasteiger partial charge in [0.1, 0.15) is 22.8 Å². The molecular weight excluding hydrogens is 408 g/mol. The van der Waals surface area contributed by atoms with E-state index in [1.807, 2.05) is 0 Å². The molecule has 4 aromatic rings. The van der Waals surface area contributed by atoms with Crippen LogP contribution in [0.25, 0.3) is 11.0 Å². The number of hydrogen-bond acceptors (Lipinski definition) is 7. The van der Waals surface area contributed by atoms with Crippen molar-refractivity contribution in [1.82, 2.24) is 8.96 Å². The zero-order valence-corrected chi connectivity index (χ0v) is 16.5. The van der Waals surface area contributed by atoms with E-state index in [9.17, 15) is 18.3 Å². The van der Waals surface area contributed by atoms with Crippen molar-refractivity contribution in [2.24, 2.45) is 0 Å². The standard InChI is InChI=1S/C21H16N2O6S/c1-28-21(25)18-8-7-15(24)12-19(18)29-16-11-14-9-10-23(20(14)22-13-16)30(26,27)17-5-3-2-4-6-17/h2-13,24H,1H3. The molecule has 2 heterocycles. The molecule has 9 heteroatoms. The van der Waals surface area contributed by atoms with E-state index >= 15 is 0 Å². The first-order valence-corrected chi connectivity index (χ1v) is 10.2. The predicted molar refractivity (Wildman–Crippen MR) is 108 cm³/mol. The van der Waals surface area contributed by atoms with Gasteiger partial charge in [-0.3, -0.25) is 0 Å². The van der Waals surface area contributed by atoms with Crippen molar-refractivity contribution in [2.45, 2.75) is 4.90 Å². The largest absolute Gasteiger partial charge is 0.508 e. The number of carbonyl (C=O) groups is 1. The van der Waals surface area contributed by atoms with Crippen LogP contribution in [0.1, 0.15) is 10.4 Å². The molecule has 1 N–H and O–H groups in total. The number of methoxy groups -OCH3 is 1. The van der Waals surface area contributed by atoms with Crippen molar-refractivity contribution in [3.63, 3.8) is 0 Å². The maximum absolute atomic E-state index is 12.9. The summed E-state index contributed by atoms with van der Waals surface area (Å²) in [6.07, 6.45) is 2.75. The second kappa shape index (κ2) is 7.53. The quantitative estimate of drug-likeness (QED) is 0.488. The SMILES string of the molecule is COC(=O)c1ccc(O)cc1Oc1cnc2c(ccn2S(=O)(=O)c2ccccc2)c1. The number of fused-ring (bicyclic) bond motifs is 1. The smallest absolute Gasteiger partial charge is 0.341 e. The molecule has 152 valence electrons. The minimum atomic E-state index is -3.80. The highest BCUT2D eigenvalue weighted by Crippen LogP contribution is 2.31. The third kappa shape index (κ3) is 3.46. The number of ether oxygens (including phenoxy) is 2. The highest BCUT2D eigenvalue weighted by Gasteiger charge is 2.20. The van der Waals surface area contributed by atoms with E-state index in [4.69, 9.17) is 9.47 Å². The van der Waals surface area contributed by atoms with Gasteiger partial charge in [-0.15, -0.1) is 0 Å². The van der Waals surface area contributed by atoms with Crippen LogP contribution in [0.4, 0.5) is 0 Å². The van der Waals surface area contributed by atoms with E-state index in [1.165, 1.54) is 49.8 Å². The van der Waals surface area contributed by atoms with Gasteiger partial charge in [0.15, 0.2) is 5.65 Å². The molecule has 30 heavy (non-hydrogen) atoms. The number of pyridine rings is 1. The van der Waals surface area contributed by atoms with Crippen molar-refractivity contribution < 1.29 is 27.8 Å². The van der Waals surface area contributed by atoms with Gasteiger partial charge in [0.05, 0.1) is 18.2 Å². The normalized spacial score (nSPS) is 11.4. The fraction of sp³-hybridized carbons (Fsp3) is 0.0476. The molecule has 0 amide bonds. The van der Waals surface area contributed by atoms with Crippen LogP contribution in [0, 0.1) is 0 Å². The Morgan fingerprint density at radius 2 is 1.83 bits per heavy atom. The summed E-state index contributed by atoms with van der Waals surface area (Å²) in [7, 11) is -2.56. The molecule has 8 nitrogen and oxygen atoms in total. The van der Waals surface area contributed by atoms with Gasteiger partial charge in [0, 0.05) is 17.6 Å². The molecule has 0 aliphatic carbocycles. The van der Waals surface area contributed by atoms with Crippen LogP contribution < -0.4 is 4.74 Å². The van der Waals surface area contributed by atoms with Crippen LogP contribution in [0.3, 0.4) is 0 Å². The Kier molecular flexibility index (Phi) is 4.88. The molecule has 2 aromatic heterocycles. The molecular formula is C21H16N2O6S. The number of esters is 1. The molecule has 0 bridgehead atoms. The number of hydrogen-bond donors (Lipinski definition) is 1. The van der Waals surface area contributed by atoms with Crippen LogP contribution >= 0.6 is 0 Å². The number of carbonyl (C=O) groups excluding carboxylic acids is 1. The molecule has 0 fully saturated rings. The Morgan fingerprint density at radius 3 is 2.57 bits per heavy atom. The Labute approximate surface area is 172 Å². The summed E-state index contributed by atoms with van der Waals surface area (Å²) in [5.41, 5.74) is 0.356. The lowest BCUT2D eigenvalue weighted by Gasteiger charge is -2.11. The molecule has 0 saturated carbocycles. The maximum Gasteiger partial charge on any atom is 0.341 e. The summed E-state index contributed by atoms with van der Waals surface area (Å²) in [5.74, 6) is -0.376. The summed E-state index contributed by atoms with van der Waals surface area (Å²) in [6.45, 7) is 0. The highest BCUT2D eigenvalue weighted by atomic mass is 32.2. The average Bonchev–Trinajstić information content (AvgIpc) is 3.18. The zero-order valence-electron chi connectivity index (χ0n) is 15.7. The van der Waals surface area contributed by atoms with Crippen LogP contribution in [0.2, 0.25) is 0 Å². The molecule has 0 atom stereocenters. The third-order valence-electron chi connectivity index (χ3n) is 4.37. The molecule has 0 unspecified atom stereocenters. The van der Waals surface area contributed by atoms with Gasteiger partial charge in [-0.25, -0.2) is 22.2 Å². The van der Waals surface area contributed by atoms with Crippen LogP contribution in [-0.4, -0.2) is 35.6 Å². The number of nitrogens with zero attached hydrogens (tertiary/aromatic N) is 2. The number of phenols is 1. The van der Waals surface area contributed by atoms with Crippen LogP contribution in [0.15, 0.2) is 78.0 Å². The molecule has 2 aromatic carbocycles. The lowest BCUT2D eigenvalue weighted by atomic mass is 10.2. The van der Waals surface area contributed by atoms with E-state index in [1.54, 1.807) is 30.3 Å². The number of aromatic hydroxyl groups is 1. The third-order valence-corrected chi connectivity index (χ3v) is 6.05. The monoisotopic (exact) mass is 424 g/mol. The van der Waals surface area contributed by atoms with Gasteiger partial charge < -0.3 is 14.6 Å². The number of aromatic nitrogens is 2. The summed E-state index contributed by atoms with van der Waals surface area (Å²) in [6, 6.07) is 15.2. The molecule has 0 saturated heterocycles. The van der Waals surface area contributed by atoms with E-state index < -0.39 is 16.0 Å². The van der Waals surface area contributed by atoms with E-state index in [-0.39, 0.29) is 33.4 Å². The fourth-order valence-corrected chi connectivity index (χ4v) is 4.27. The lowest BCUT2D eigenvalue weighted by molar-refractivity contribution is 0.0598. The second-order valence-corrected chi connectivity index (χ2v) is 8.10. The fourth-order valence-electron chi connectivity index (χ4n) is 2.94.